The van der Waals surface area contributed by atoms with Crippen LogP contribution < -0.4 is 5.32 Å². The average molecular weight is 508 g/mol. The molecule has 156 valence electrons. The average Bonchev–Trinajstić information content (AvgIpc) is 3.38. The van der Waals surface area contributed by atoms with Crippen molar-refractivity contribution in [2.45, 2.75) is 19.9 Å². The van der Waals surface area contributed by atoms with Gasteiger partial charge in [0.15, 0.2) is 5.96 Å². The van der Waals surface area contributed by atoms with E-state index in [1.807, 2.05) is 6.07 Å². The fourth-order valence-corrected chi connectivity index (χ4v) is 3.71. The second kappa shape index (κ2) is 10.6. The van der Waals surface area contributed by atoms with Gasteiger partial charge in [-0.05, 0) is 25.0 Å². The number of para-hydroxylation sites is 1. The zero-order chi connectivity index (χ0) is 19.2. The van der Waals surface area contributed by atoms with Gasteiger partial charge >= 0.3 is 0 Å². The first-order valence-corrected chi connectivity index (χ1v) is 10.0. The van der Waals surface area contributed by atoms with Crippen LogP contribution in [0, 0.1) is 0 Å². The molecule has 1 aliphatic rings. The van der Waals surface area contributed by atoms with Crippen molar-refractivity contribution in [3.8, 4) is 0 Å². The molecule has 0 saturated carbocycles. The van der Waals surface area contributed by atoms with E-state index in [9.17, 15) is 0 Å². The molecule has 4 rings (SSSR count). The van der Waals surface area contributed by atoms with Gasteiger partial charge in [0, 0.05) is 69.0 Å². The van der Waals surface area contributed by atoms with E-state index in [1.54, 1.807) is 6.26 Å². The number of aromatic nitrogens is 2. The van der Waals surface area contributed by atoms with Crippen LogP contribution in [0.5, 0.6) is 0 Å². The van der Waals surface area contributed by atoms with Gasteiger partial charge in [0.2, 0.25) is 0 Å². The Kier molecular flexibility index (Phi) is 7.93. The lowest BCUT2D eigenvalue weighted by Crippen LogP contribution is -2.52. The molecule has 8 heteroatoms. The van der Waals surface area contributed by atoms with Crippen LogP contribution in [-0.4, -0.2) is 65.2 Å². The van der Waals surface area contributed by atoms with Gasteiger partial charge in [-0.25, -0.2) is 0 Å². The number of aliphatic imine (C=N–C) groups is 1. The summed E-state index contributed by atoms with van der Waals surface area (Å²) < 4.78 is 4.93. The van der Waals surface area contributed by atoms with Gasteiger partial charge < -0.3 is 19.7 Å². The molecule has 1 aromatic carbocycles. The molecule has 0 atom stereocenters. The monoisotopic (exact) mass is 508 g/mol. The first-order chi connectivity index (χ1) is 13.8. The number of guanidine groups is 1. The molecule has 0 aliphatic carbocycles. The summed E-state index contributed by atoms with van der Waals surface area (Å²) >= 11 is 0. The molecule has 29 heavy (non-hydrogen) atoms. The Hall–Kier alpha value is -2.07. The first-order valence-electron chi connectivity index (χ1n) is 10.0. The minimum Gasteiger partial charge on any atom is -0.364 e. The van der Waals surface area contributed by atoms with Crippen LogP contribution in [0.1, 0.15) is 18.2 Å². The number of halogens is 1. The van der Waals surface area contributed by atoms with E-state index in [0.29, 0.717) is 0 Å². The van der Waals surface area contributed by atoms with E-state index in [-0.39, 0.29) is 24.0 Å². The molecule has 7 nitrogen and oxygen atoms in total. The second-order valence-corrected chi connectivity index (χ2v) is 7.10. The van der Waals surface area contributed by atoms with Crippen molar-refractivity contribution >= 4 is 40.8 Å². The van der Waals surface area contributed by atoms with E-state index in [1.165, 1.54) is 16.5 Å². The van der Waals surface area contributed by atoms with Gasteiger partial charge in [-0.3, -0.25) is 9.89 Å². The van der Waals surface area contributed by atoms with Crippen molar-refractivity contribution in [3.05, 3.63) is 54.0 Å². The van der Waals surface area contributed by atoms with Gasteiger partial charge in [0.1, 0.15) is 6.26 Å². The Morgan fingerprint density at radius 1 is 1.21 bits per heavy atom. The Morgan fingerprint density at radius 3 is 2.79 bits per heavy atom. The summed E-state index contributed by atoms with van der Waals surface area (Å²) in [7, 11) is 0. The Bertz CT molecular complexity index is 899. The summed E-state index contributed by atoms with van der Waals surface area (Å²) in [4.78, 5) is 13.0. The van der Waals surface area contributed by atoms with Gasteiger partial charge in [-0.2, -0.15) is 0 Å². The Balaban J connectivity index is 0.00000240. The maximum Gasteiger partial charge on any atom is 0.194 e. The van der Waals surface area contributed by atoms with Gasteiger partial charge in [-0.1, -0.05) is 23.4 Å². The molecule has 2 aromatic heterocycles. The molecule has 0 bridgehead atoms. The highest BCUT2D eigenvalue weighted by molar-refractivity contribution is 14.0. The second-order valence-electron chi connectivity index (χ2n) is 7.10. The Morgan fingerprint density at radius 2 is 2.03 bits per heavy atom. The fourth-order valence-electron chi connectivity index (χ4n) is 3.71. The Labute approximate surface area is 188 Å². The number of rotatable bonds is 6. The number of hydrogen-bond donors (Lipinski definition) is 2. The van der Waals surface area contributed by atoms with Crippen molar-refractivity contribution < 1.29 is 4.52 Å². The third-order valence-electron chi connectivity index (χ3n) is 5.20. The zero-order valence-electron chi connectivity index (χ0n) is 16.8. The molecule has 0 amide bonds. The van der Waals surface area contributed by atoms with Crippen molar-refractivity contribution in [2.24, 2.45) is 4.99 Å². The largest absolute Gasteiger partial charge is 0.364 e. The van der Waals surface area contributed by atoms with Crippen molar-refractivity contribution in [3.63, 3.8) is 0 Å². The summed E-state index contributed by atoms with van der Waals surface area (Å²) in [6.45, 7) is 8.57. The minimum atomic E-state index is 0. The lowest BCUT2D eigenvalue weighted by atomic mass is 10.1. The van der Waals surface area contributed by atoms with E-state index < -0.39 is 0 Å². The lowest BCUT2D eigenvalue weighted by Gasteiger charge is -2.36. The SMILES string of the molecule is CCNC(=NCCc1c[nH]c2ccccc12)N1CCN(Cc2ccon2)CC1.I. The van der Waals surface area contributed by atoms with Gasteiger partial charge in [-0.15, -0.1) is 24.0 Å². The van der Waals surface area contributed by atoms with Crippen LogP contribution in [0.15, 0.2) is 52.3 Å². The number of hydrogen-bond acceptors (Lipinski definition) is 4. The van der Waals surface area contributed by atoms with Crippen LogP contribution in [0.2, 0.25) is 0 Å². The van der Waals surface area contributed by atoms with E-state index in [4.69, 9.17) is 9.52 Å². The first kappa shape index (κ1) is 21.6. The number of nitrogens with zero attached hydrogens (tertiary/aromatic N) is 4. The number of aromatic amines is 1. The number of piperazine rings is 1. The highest BCUT2D eigenvalue weighted by Gasteiger charge is 2.20. The standard InChI is InChI=1S/C21H28N6O.HI/c1-2-22-21(23-9-7-17-15-24-20-6-4-3-5-19(17)20)27-12-10-26(11-13-27)16-18-8-14-28-25-18;/h3-6,8,14-15,24H,2,7,9-13,16H2,1H3,(H,22,23);1H. The molecule has 0 radical (unpaired) electrons. The van der Waals surface area contributed by atoms with Crippen LogP contribution in [0.3, 0.4) is 0 Å². The predicted octanol–water partition coefficient (Wildman–Crippen LogP) is 3.10. The third-order valence-corrected chi connectivity index (χ3v) is 5.20. The number of H-pyrrole nitrogens is 1. The summed E-state index contributed by atoms with van der Waals surface area (Å²) in [5.74, 6) is 1.02. The smallest absolute Gasteiger partial charge is 0.194 e. The summed E-state index contributed by atoms with van der Waals surface area (Å²) in [5, 5.41) is 8.76. The van der Waals surface area contributed by atoms with E-state index in [2.05, 4.69) is 62.6 Å². The zero-order valence-corrected chi connectivity index (χ0v) is 19.1. The molecule has 1 fully saturated rings. The normalized spacial score (nSPS) is 15.5. The van der Waals surface area contributed by atoms with Crippen LogP contribution in [0.4, 0.5) is 0 Å². The number of fused-ring (bicyclic) bond motifs is 1. The highest BCUT2D eigenvalue weighted by Crippen LogP contribution is 2.18. The topological polar surface area (TPSA) is 72.7 Å². The summed E-state index contributed by atoms with van der Waals surface area (Å²) in [5.41, 5.74) is 3.51. The van der Waals surface area contributed by atoms with Gasteiger partial charge in [0.05, 0.1) is 5.69 Å². The predicted molar refractivity (Wildman–Crippen MR) is 127 cm³/mol. The maximum absolute atomic E-state index is 4.93. The quantitative estimate of drug-likeness (QED) is 0.304. The highest BCUT2D eigenvalue weighted by atomic mass is 127. The van der Waals surface area contributed by atoms with Gasteiger partial charge in [0.25, 0.3) is 0 Å². The van der Waals surface area contributed by atoms with Crippen LogP contribution >= 0.6 is 24.0 Å². The minimum absolute atomic E-state index is 0. The van der Waals surface area contributed by atoms with Crippen LogP contribution in [-0.2, 0) is 13.0 Å². The molecular weight excluding hydrogens is 479 g/mol. The number of nitrogens with one attached hydrogen (secondary N) is 2. The molecule has 0 unspecified atom stereocenters. The van der Waals surface area contributed by atoms with E-state index >= 15 is 0 Å². The number of benzene rings is 1. The van der Waals surface area contributed by atoms with Crippen molar-refractivity contribution in [2.75, 3.05) is 39.3 Å². The van der Waals surface area contributed by atoms with Crippen LogP contribution in [0.25, 0.3) is 10.9 Å². The lowest BCUT2D eigenvalue weighted by molar-refractivity contribution is 0.169. The molecule has 2 N–H and O–H groups in total. The summed E-state index contributed by atoms with van der Waals surface area (Å²) in [6.07, 6.45) is 4.68. The van der Waals surface area contributed by atoms with Crippen molar-refractivity contribution in [1.82, 2.24) is 25.3 Å². The summed E-state index contributed by atoms with van der Waals surface area (Å²) in [6, 6.07) is 10.4. The van der Waals surface area contributed by atoms with E-state index in [0.717, 1.165) is 63.9 Å². The molecular formula is C21H29IN6O. The fraction of sp³-hybridized carbons (Fsp3) is 0.429. The molecule has 1 saturated heterocycles. The molecule has 1 aliphatic heterocycles. The molecule has 3 heterocycles. The molecule has 0 spiro atoms. The molecule has 3 aromatic rings. The maximum atomic E-state index is 4.93. The third kappa shape index (κ3) is 5.51. The van der Waals surface area contributed by atoms with Crippen molar-refractivity contribution in [1.29, 1.82) is 0 Å².